The fourth-order valence-corrected chi connectivity index (χ4v) is 5.20. The topological polar surface area (TPSA) is 69.9 Å². The lowest BCUT2D eigenvalue weighted by Crippen LogP contribution is -2.39. The number of aromatic nitrogens is 1. The molecule has 0 bridgehead atoms. The number of rotatable bonds is 7. The van der Waals surface area contributed by atoms with Crippen LogP contribution in [0.15, 0.2) is 69.6 Å². The average molecular weight is 501 g/mol. The van der Waals surface area contributed by atoms with Gasteiger partial charge in [0.15, 0.2) is 4.80 Å². The van der Waals surface area contributed by atoms with Crippen LogP contribution < -0.4 is 19.6 Å². The highest BCUT2D eigenvalue weighted by Crippen LogP contribution is 2.31. The number of terminal acetylenes is 1. The molecule has 6 nitrogen and oxygen atoms in total. The van der Waals surface area contributed by atoms with Crippen LogP contribution in [-0.4, -0.2) is 23.8 Å². The Morgan fingerprint density at radius 2 is 1.94 bits per heavy atom. The van der Waals surface area contributed by atoms with Crippen LogP contribution in [0.25, 0.3) is 6.08 Å². The monoisotopic (exact) mass is 500 g/mol. The van der Waals surface area contributed by atoms with E-state index in [-0.39, 0.29) is 18.8 Å². The van der Waals surface area contributed by atoms with Crippen molar-refractivity contribution in [2.75, 3.05) is 13.2 Å². The zero-order valence-electron chi connectivity index (χ0n) is 20.8. The van der Waals surface area contributed by atoms with E-state index in [0.29, 0.717) is 32.3 Å². The third kappa shape index (κ3) is 4.91. The predicted molar refractivity (Wildman–Crippen MR) is 142 cm³/mol. The van der Waals surface area contributed by atoms with E-state index < -0.39 is 12.0 Å². The molecule has 0 fully saturated rings. The van der Waals surface area contributed by atoms with Crippen molar-refractivity contribution in [3.8, 4) is 18.1 Å². The van der Waals surface area contributed by atoms with Gasteiger partial charge in [-0.1, -0.05) is 73.6 Å². The number of esters is 1. The second kappa shape index (κ2) is 10.8. The standard InChI is InChI=1S/C29H28N2O4S/c1-6-16-35-23-11-9-8-10-22(23)17-24-27(32)31-26(21-14-12-20(13-15-21)18(3)4)25(28(33)34-7-2)19(5)30-29(31)36-24/h1,8-15,17-18,26H,7,16H2,2-5H3. The molecular formula is C29H28N2O4S. The first-order chi connectivity index (χ1) is 17.3. The van der Waals surface area contributed by atoms with Gasteiger partial charge in [0.1, 0.15) is 12.4 Å². The summed E-state index contributed by atoms with van der Waals surface area (Å²) in [6.45, 7) is 8.14. The molecule has 1 aliphatic heterocycles. The second-order valence-electron chi connectivity index (χ2n) is 8.65. The number of benzene rings is 2. The maximum Gasteiger partial charge on any atom is 0.338 e. The van der Waals surface area contributed by atoms with Crippen LogP contribution in [-0.2, 0) is 9.53 Å². The van der Waals surface area contributed by atoms with Gasteiger partial charge in [0.05, 0.1) is 28.5 Å². The summed E-state index contributed by atoms with van der Waals surface area (Å²) in [6.07, 6.45) is 7.12. The first kappa shape index (κ1) is 25.2. The third-order valence-corrected chi connectivity index (χ3v) is 6.94. The van der Waals surface area contributed by atoms with Crippen molar-refractivity contribution in [1.82, 2.24) is 4.57 Å². The van der Waals surface area contributed by atoms with Crippen molar-refractivity contribution in [2.24, 2.45) is 4.99 Å². The van der Waals surface area contributed by atoms with Crippen LogP contribution in [0, 0.1) is 12.3 Å². The summed E-state index contributed by atoms with van der Waals surface area (Å²) in [5.74, 6) is 2.94. The predicted octanol–water partition coefficient (Wildman–Crippen LogP) is 3.93. The van der Waals surface area contributed by atoms with E-state index in [0.717, 1.165) is 11.1 Å². The zero-order chi connectivity index (χ0) is 25.8. The number of allylic oxidation sites excluding steroid dienone is 1. The molecule has 0 spiro atoms. The van der Waals surface area contributed by atoms with Gasteiger partial charge in [-0.25, -0.2) is 9.79 Å². The number of hydrogen-bond donors (Lipinski definition) is 0. The molecule has 4 rings (SSSR count). The van der Waals surface area contributed by atoms with Crippen molar-refractivity contribution in [3.05, 3.63) is 96.2 Å². The molecule has 1 aromatic heterocycles. The van der Waals surface area contributed by atoms with Crippen molar-refractivity contribution >= 4 is 23.4 Å². The smallest absolute Gasteiger partial charge is 0.338 e. The summed E-state index contributed by atoms with van der Waals surface area (Å²) in [5.41, 5.74) is 3.40. The number of nitrogens with zero attached hydrogens (tertiary/aromatic N) is 2. The molecule has 0 amide bonds. The molecule has 0 radical (unpaired) electrons. The fourth-order valence-electron chi connectivity index (χ4n) is 4.16. The molecule has 0 aliphatic carbocycles. The van der Waals surface area contributed by atoms with Gasteiger partial charge in [-0.15, -0.1) is 6.42 Å². The average Bonchev–Trinajstić information content (AvgIpc) is 3.17. The molecule has 3 aromatic rings. The molecule has 7 heteroatoms. The summed E-state index contributed by atoms with van der Waals surface area (Å²) in [7, 11) is 0. The quantitative estimate of drug-likeness (QED) is 0.364. The van der Waals surface area contributed by atoms with Crippen molar-refractivity contribution in [1.29, 1.82) is 0 Å². The number of carbonyl (C=O) groups excluding carboxylic acids is 1. The summed E-state index contributed by atoms with van der Waals surface area (Å²) >= 11 is 1.27. The molecule has 0 saturated carbocycles. The van der Waals surface area contributed by atoms with E-state index in [9.17, 15) is 9.59 Å². The lowest BCUT2D eigenvalue weighted by Gasteiger charge is -2.25. The van der Waals surface area contributed by atoms with E-state index in [1.807, 2.05) is 48.5 Å². The van der Waals surface area contributed by atoms with Gasteiger partial charge in [0, 0.05) is 5.56 Å². The molecule has 184 valence electrons. The SMILES string of the molecule is C#CCOc1ccccc1C=c1sc2n(c1=O)C(c1ccc(C(C)C)cc1)C(C(=O)OCC)=C(C)N=2. The van der Waals surface area contributed by atoms with Gasteiger partial charge in [-0.2, -0.15) is 0 Å². The number of hydrogen-bond acceptors (Lipinski definition) is 6. The molecule has 36 heavy (non-hydrogen) atoms. The Labute approximate surface area is 214 Å². The fraction of sp³-hybridized carbons (Fsp3) is 0.276. The van der Waals surface area contributed by atoms with Crippen molar-refractivity contribution in [3.63, 3.8) is 0 Å². The first-order valence-electron chi connectivity index (χ1n) is 11.8. The minimum Gasteiger partial charge on any atom is -0.480 e. The van der Waals surface area contributed by atoms with Crippen LogP contribution in [0.3, 0.4) is 0 Å². The van der Waals surface area contributed by atoms with E-state index in [1.165, 1.54) is 16.9 Å². The lowest BCUT2D eigenvalue weighted by molar-refractivity contribution is -0.139. The van der Waals surface area contributed by atoms with Crippen LogP contribution in [0.5, 0.6) is 5.75 Å². The summed E-state index contributed by atoms with van der Waals surface area (Å²) < 4.78 is 13.1. The van der Waals surface area contributed by atoms with Gasteiger partial charge in [-0.05, 0) is 43.0 Å². The van der Waals surface area contributed by atoms with E-state index >= 15 is 0 Å². The van der Waals surface area contributed by atoms with Gasteiger partial charge < -0.3 is 9.47 Å². The van der Waals surface area contributed by atoms with Crippen LogP contribution >= 0.6 is 11.3 Å². The Hall–Kier alpha value is -3.89. The number of thiazole rings is 1. The highest BCUT2D eigenvalue weighted by molar-refractivity contribution is 7.07. The lowest BCUT2D eigenvalue weighted by atomic mass is 9.93. The van der Waals surface area contributed by atoms with Crippen LogP contribution in [0.1, 0.15) is 56.3 Å². The minimum absolute atomic E-state index is 0.126. The third-order valence-electron chi connectivity index (χ3n) is 5.95. The molecule has 1 aliphatic rings. The maximum absolute atomic E-state index is 13.8. The molecule has 2 heterocycles. The largest absolute Gasteiger partial charge is 0.480 e. The highest BCUT2D eigenvalue weighted by Gasteiger charge is 2.33. The normalized spacial score (nSPS) is 15.3. The Morgan fingerprint density at radius 1 is 1.22 bits per heavy atom. The maximum atomic E-state index is 13.8. The van der Waals surface area contributed by atoms with E-state index in [4.69, 9.17) is 15.9 Å². The van der Waals surface area contributed by atoms with Crippen LogP contribution in [0.2, 0.25) is 0 Å². The first-order valence-corrected chi connectivity index (χ1v) is 12.6. The Morgan fingerprint density at radius 3 is 2.61 bits per heavy atom. The van der Waals surface area contributed by atoms with E-state index in [1.54, 1.807) is 24.5 Å². The molecule has 1 unspecified atom stereocenters. The Kier molecular flexibility index (Phi) is 7.56. The van der Waals surface area contributed by atoms with Gasteiger partial charge in [-0.3, -0.25) is 9.36 Å². The number of para-hydroxylation sites is 1. The molecule has 1 atom stereocenters. The van der Waals surface area contributed by atoms with E-state index in [2.05, 4.69) is 24.8 Å². The number of ether oxygens (including phenoxy) is 2. The van der Waals surface area contributed by atoms with Gasteiger partial charge in [0.2, 0.25) is 0 Å². The molecule has 2 aromatic carbocycles. The Balaban J connectivity index is 1.91. The Bertz CT molecular complexity index is 1540. The van der Waals surface area contributed by atoms with Crippen molar-refractivity contribution < 1.29 is 14.3 Å². The van der Waals surface area contributed by atoms with Crippen LogP contribution in [0.4, 0.5) is 0 Å². The minimum atomic E-state index is -0.642. The van der Waals surface area contributed by atoms with Gasteiger partial charge >= 0.3 is 5.97 Å². The second-order valence-corrected chi connectivity index (χ2v) is 9.66. The van der Waals surface area contributed by atoms with Crippen molar-refractivity contribution in [2.45, 2.75) is 39.7 Å². The zero-order valence-corrected chi connectivity index (χ0v) is 21.6. The number of fused-ring (bicyclic) bond motifs is 1. The molecule has 0 saturated heterocycles. The number of carbonyl (C=O) groups is 1. The molecule has 0 N–H and O–H groups in total. The summed E-state index contributed by atoms with van der Waals surface area (Å²) in [5, 5.41) is 0. The summed E-state index contributed by atoms with van der Waals surface area (Å²) in [4.78, 5) is 32.0. The molecular weight excluding hydrogens is 472 g/mol. The summed E-state index contributed by atoms with van der Waals surface area (Å²) in [6, 6.07) is 14.8. The highest BCUT2D eigenvalue weighted by atomic mass is 32.1. The van der Waals surface area contributed by atoms with Gasteiger partial charge in [0.25, 0.3) is 5.56 Å².